The maximum atomic E-state index is 13.7. The van der Waals surface area contributed by atoms with Gasteiger partial charge in [-0.2, -0.15) is 4.98 Å². The first kappa shape index (κ1) is 12.9. The maximum Gasteiger partial charge on any atom is 0.351 e. The van der Waals surface area contributed by atoms with Gasteiger partial charge in [-0.25, -0.2) is 13.6 Å². The highest BCUT2D eigenvalue weighted by molar-refractivity contribution is 5.30. The number of aliphatic hydroxyl groups is 1. The van der Waals surface area contributed by atoms with Crippen LogP contribution >= 0.6 is 0 Å². The van der Waals surface area contributed by atoms with E-state index in [4.69, 9.17) is 9.84 Å². The lowest BCUT2D eigenvalue weighted by Gasteiger charge is -2.19. The fourth-order valence-electron chi connectivity index (χ4n) is 1.84. The number of aliphatic hydroxyl groups excluding tert-OH is 1. The van der Waals surface area contributed by atoms with Crippen molar-refractivity contribution in [1.82, 2.24) is 9.55 Å². The van der Waals surface area contributed by atoms with E-state index in [0.717, 1.165) is 4.57 Å². The summed E-state index contributed by atoms with van der Waals surface area (Å²) in [5.74, 6) is -2.92. The second-order valence-electron chi connectivity index (χ2n) is 4.01. The van der Waals surface area contributed by atoms with Crippen LogP contribution in [-0.2, 0) is 4.74 Å². The van der Waals surface area contributed by atoms with Gasteiger partial charge in [0.15, 0.2) is 0 Å². The Kier molecular flexibility index (Phi) is 3.31. The van der Waals surface area contributed by atoms with Crippen molar-refractivity contribution in [2.24, 2.45) is 0 Å². The second-order valence-corrected chi connectivity index (χ2v) is 4.01. The van der Waals surface area contributed by atoms with E-state index in [1.165, 1.54) is 12.3 Å². The Balaban J connectivity index is 2.34. The van der Waals surface area contributed by atoms with Crippen LogP contribution in [-0.4, -0.2) is 40.3 Å². The zero-order valence-electron chi connectivity index (χ0n) is 9.64. The third-order valence-electron chi connectivity index (χ3n) is 2.72. The summed E-state index contributed by atoms with van der Waals surface area (Å²) in [6.45, 7) is -0.511. The lowest BCUT2D eigenvalue weighted by molar-refractivity contribution is -0.120. The lowest BCUT2D eigenvalue weighted by atomic mass is 10.2. The molecule has 2 atom stereocenters. The molecule has 100 valence electrons. The van der Waals surface area contributed by atoms with E-state index in [0.29, 0.717) is 0 Å². The summed E-state index contributed by atoms with van der Waals surface area (Å²) in [7, 11) is 1.56. The van der Waals surface area contributed by atoms with Crippen LogP contribution in [0.15, 0.2) is 17.1 Å². The van der Waals surface area contributed by atoms with Crippen molar-refractivity contribution >= 4 is 5.82 Å². The molecule has 0 radical (unpaired) electrons. The number of alkyl halides is 2. The van der Waals surface area contributed by atoms with Gasteiger partial charge in [0, 0.05) is 19.7 Å². The Hall–Kier alpha value is -1.54. The third-order valence-corrected chi connectivity index (χ3v) is 2.72. The topological polar surface area (TPSA) is 76.4 Å². The van der Waals surface area contributed by atoms with Crippen LogP contribution < -0.4 is 11.0 Å². The molecule has 8 heteroatoms. The number of hydrogen-bond donors (Lipinski definition) is 2. The maximum absolute atomic E-state index is 13.7. The molecule has 2 heterocycles. The molecule has 0 saturated carbocycles. The van der Waals surface area contributed by atoms with E-state index >= 15 is 0 Å². The molecule has 0 aliphatic carbocycles. The molecule has 18 heavy (non-hydrogen) atoms. The van der Waals surface area contributed by atoms with Gasteiger partial charge in [0.1, 0.15) is 5.82 Å². The summed E-state index contributed by atoms with van der Waals surface area (Å²) in [6, 6.07) is 1.40. The second kappa shape index (κ2) is 4.62. The predicted molar refractivity (Wildman–Crippen MR) is 58.6 cm³/mol. The van der Waals surface area contributed by atoms with E-state index in [1.807, 2.05) is 0 Å². The number of nitrogens with zero attached hydrogens (tertiary/aromatic N) is 2. The van der Waals surface area contributed by atoms with Gasteiger partial charge in [0.25, 0.3) is 5.92 Å². The number of nitrogens with one attached hydrogen (secondary N) is 1. The van der Waals surface area contributed by atoms with E-state index in [1.54, 1.807) is 7.05 Å². The molecular weight excluding hydrogens is 248 g/mol. The van der Waals surface area contributed by atoms with Crippen LogP contribution in [0.25, 0.3) is 0 Å². The summed E-state index contributed by atoms with van der Waals surface area (Å²) in [5, 5.41) is 11.5. The molecule has 2 N–H and O–H groups in total. The smallest absolute Gasteiger partial charge is 0.351 e. The third kappa shape index (κ3) is 2.21. The molecular formula is C10H13F2N3O3. The SMILES string of the molecule is CNc1ccn([C@@H]2O[C@H](CO)CC2(F)F)c(=O)n1. The van der Waals surface area contributed by atoms with Gasteiger partial charge in [0.2, 0.25) is 6.23 Å². The highest BCUT2D eigenvalue weighted by atomic mass is 19.3. The first-order chi connectivity index (χ1) is 8.47. The molecule has 0 amide bonds. The first-order valence-corrected chi connectivity index (χ1v) is 5.39. The Bertz CT molecular complexity index is 492. The number of ether oxygens (including phenoxy) is 1. The van der Waals surface area contributed by atoms with Gasteiger partial charge in [0.05, 0.1) is 12.7 Å². The summed E-state index contributed by atoms with van der Waals surface area (Å²) >= 11 is 0. The van der Waals surface area contributed by atoms with Crippen LogP contribution in [0.3, 0.4) is 0 Å². The van der Waals surface area contributed by atoms with E-state index in [9.17, 15) is 13.6 Å². The van der Waals surface area contributed by atoms with Crippen molar-refractivity contribution in [2.45, 2.75) is 24.7 Å². The molecule has 1 fully saturated rings. The Morgan fingerprint density at radius 2 is 2.44 bits per heavy atom. The fraction of sp³-hybridized carbons (Fsp3) is 0.600. The van der Waals surface area contributed by atoms with E-state index < -0.39 is 37.0 Å². The van der Waals surface area contributed by atoms with Crippen molar-refractivity contribution in [3.8, 4) is 0 Å². The molecule has 0 bridgehead atoms. The summed E-state index contributed by atoms with van der Waals surface area (Å²) in [4.78, 5) is 15.2. The summed E-state index contributed by atoms with van der Waals surface area (Å²) in [6.07, 6.45) is -2.12. The minimum absolute atomic E-state index is 0.288. The highest BCUT2D eigenvalue weighted by Gasteiger charge is 2.51. The normalized spacial score (nSPS) is 26.2. The van der Waals surface area contributed by atoms with Crippen LogP contribution in [0, 0.1) is 0 Å². The first-order valence-electron chi connectivity index (χ1n) is 5.39. The standard InChI is InChI=1S/C10H13F2N3O3/c1-13-7-2-3-15(9(17)14-7)8-10(11,12)4-6(5-16)18-8/h2-3,6,8,16H,4-5H2,1H3,(H,13,14,17)/t6-,8+/m0/s1. The van der Waals surface area contributed by atoms with Crippen molar-refractivity contribution in [1.29, 1.82) is 0 Å². The highest BCUT2D eigenvalue weighted by Crippen LogP contribution is 2.41. The molecule has 0 aromatic carbocycles. The Morgan fingerprint density at radius 3 is 2.94 bits per heavy atom. The molecule has 1 aliphatic rings. The fourth-order valence-corrected chi connectivity index (χ4v) is 1.84. The molecule has 1 aromatic rings. The number of hydrogen-bond acceptors (Lipinski definition) is 5. The number of aromatic nitrogens is 2. The van der Waals surface area contributed by atoms with E-state index in [2.05, 4.69) is 10.3 Å². The summed E-state index contributed by atoms with van der Waals surface area (Å²) < 4.78 is 33.0. The van der Waals surface area contributed by atoms with Crippen LogP contribution in [0.5, 0.6) is 0 Å². The molecule has 1 saturated heterocycles. The zero-order valence-corrected chi connectivity index (χ0v) is 9.64. The Morgan fingerprint density at radius 1 is 1.72 bits per heavy atom. The minimum atomic E-state index is -3.21. The monoisotopic (exact) mass is 261 g/mol. The molecule has 1 aliphatic heterocycles. The number of anilines is 1. The molecule has 2 rings (SSSR count). The molecule has 0 unspecified atom stereocenters. The predicted octanol–water partition coefficient (Wildman–Crippen LogP) is 0.200. The van der Waals surface area contributed by atoms with Crippen molar-refractivity contribution in [3.63, 3.8) is 0 Å². The van der Waals surface area contributed by atoms with Crippen molar-refractivity contribution < 1.29 is 18.6 Å². The minimum Gasteiger partial charge on any atom is -0.394 e. The van der Waals surface area contributed by atoms with Crippen molar-refractivity contribution in [2.75, 3.05) is 19.0 Å². The average molecular weight is 261 g/mol. The van der Waals surface area contributed by atoms with Gasteiger partial charge in [-0.05, 0) is 6.07 Å². The van der Waals surface area contributed by atoms with Gasteiger partial charge in [-0.1, -0.05) is 0 Å². The van der Waals surface area contributed by atoms with Gasteiger partial charge < -0.3 is 15.2 Å². The van der Waals surface area contributed by atoms with Gasteiger partial charge >= 0.3 is 5.69 Å². The summed E-state index contributed by atoms with van der Waals surface area (Å²) in [5.41, 5.74) is -0.829. The number of rotatable bonds is 3. The quantitative estimate of drug-likeness (QED) is 0.813. The van der Waals surface area contributed by atoms with Gasteiger partial charge in [-0.3, -0.25) is 4.57 Å². The lowest BCUT2D eigenvalue weighted by Crippen LogP contribution is -2.35. The largest absolute Gasteiger partial charge is 0.394 e. The molecule has 6 nitrogen and oxygen atoms in total. The van der Waals surface area contributed by atoms with Gasteiger partial charge in [-0.15, -0.1) is 0 Å². The zero-order chi connectivity index (χ0) is 13.3. The van der Waals surface area contributed by atoms with Crippen LogP contribution in [0.4, 0.5) is 14.6 Å². The average Bonchev–Trinajstić information content (AvgIpc) is 2.64. The van der Waals surface area contributed by atoms with Crippen molar-refractivity contribution in [3.05, 3.63) is 22.7 Å². The number of halogens is 2. The van der Waals surface area contributed by atoms with E-state index in [-0.39, 0.29) is 5.82 Å². The van der Waals surface area contributed by atoms with Crippen LogP contribution in [0.2, 0.25) is 0 Å². The Labute approximate surface area is 101 Å². The molecule has 0 spiro atoms. The molecule has 1 aromatic heterocycles. The van der Waals surface area contributed by atoms with Crippen LogP contribution in [0.1, 0.15) is 12.6 Å².